The van der Waals surface area contributed by atoms with Crippen molar-refractivity contribution >= 4 is 40.9 Å². The smallest absolute Gasteiger partial charge is 0.329 e. The van der Waals surface area contributed by atoms with Crippen molar-refractivity contribution in [3.63, 3.8) is 0 Å². The average molecular weight is 1030 g/mol. The van der Waals surface area contributed by atoms with Gasteiger partial charge in [0.15, 0.2) is 0 Å². The summed E-state index contributed by atoms with van der Waals surface area (Å²) >= 11 is 0. The van der Waals surface area contributed by atoms with E-state index in [4.69, 9.17) is 18.9 Å². The third-order valence-corrected chi connectivity index (χ3v) is 15.1. The lowest BCUT2D eigenvalue weighted by molar-refractivity contribution is -0.177. The van der Waals surface area contributed by atoms with E-state index in [1.165, 1.54) is 0 Å². The zero-order valence-electron chi connectivity index (χ0n) is 42.6. The van der Waals surface area contributed by atoms with Gasteiger partial charge in [0.1, 0.15) is 35.7 Å². The van der Waals surface area contributed by atoms with E-state index in [-0.39, 0.29) is 18.9 Å². The highest BCUT2D eigenvalue weighted by Crippen LogP contribution is 2.66. The van der Waals surface area contributed by atoms with Crippen molar-refractivity contribution in [3.05, 3.63) is 221 Å². The van der Waals surface area contributed by atoms with Crippen molar-refractivity contribution in [2.75, 3.05) is 61.7 Å². The number of fused-ring (bicyclic) bond motifs is 3. The highest BCUT2D eigenvalue weighted by Gasteiger charge is 2.75. The Balaban J connectivity index is 1.17. The lowest BCUT2D eigenvalue weighted by Crippen LogP contribution is -2.55. The van der Waals surface area contributed by atoms with E-state index in [0.717, 1.165) is 21.7 Å². The number of hydrogen-bond acceptors (Lipinski definition) is 11. The van der Waals surface area contributed by atoms with Gasteiger partial charge in [-0.15, -0.1) is 0 Å². The number of nitrogens with one attached hydrogen (secondary N) is 2. The Morgan fingerprint density at radius 2 is 1.38 bits per heavy atom. The average Bonchev–Trinajstić information content (AvgIpc) is 4.18. The minimum Gasteiger partial charge on any atom is -0.497 e. The molecule has 388 valence electrons. The van der Waals surface area contributed by atoms with Gasteiger partial charge in [0.25, 0.3) is 0 Å². The molecule has 0 radical (unpaired) electrons. The number of aliphatic hydroxyl groups excluding tert-OH is 1. The van der Waals surface area contributed by atoms with E-state index in [1.54, 1.807) is 55.6 Å². The molecule has 4 heterocycles. The fraction of sp³-hybridized carbons (Fsp3) is 0.238. The third-order valence-electron chi connectivity index (χ3n) is 15.1. The normalized spacial score (nSPS) is 22.0. The van der Waals surface area contributed by atoms with Crippen LogP contribution in [-0.4, -0.2) is 86.5 Å². The molecule has 3 N–H and O–H groups in total. The van der Waals surface area contributed by atoms with Gasteiger partial charge in [0.2, 0.25) is 11.8 Å². The number of amides is 4. The van der Waals surface area contributed by atoms with Gasteiger partial charge in [-0.05, 0) is 114 Å². The van der Waals surface area contributed by atoms with E-state index < -0.39 is 65.4 Å². The maximum absolute atomic E-state index is 16.9. The molecule has 0 unspecified atom stereocenters. The van der Waals surface area contributed by atoms with Gasteiger partial charge in [-0.3, -0.25) is 19.3 Å². The van der Waals surface area contributed by atoms with Crippen molar-refractivity contribution in [1.82, 2.24) is 10.2 Å². The van der Waals surface area contributed by atoms with Crippen LogP contribution in [0.1, 0.15) is 70.1 Å². The SMILES string of the molecule is COc1ccc(C#Cc2ccc3c(c2)[C@]2(C(=O)N3C(=O)N[C@@H](C)c3ccccc3)[C@H](c3cccc(OCCO)c3)N3[C@H](c4ccccc4)[C@H](c4ccccc4)OC(=O)[C@H]3[C@@H]2C(=O)Nc2ccc(N3CCOCC3)cc2)cc1. The van der Waals surface area contributed by atoms with Crippen LogP contribution in [0.25, 0.3) is 0 Å². The van der Waals surface area contributed by atoms with Crippen LogP contribution in [0.2, 0.25) is 0 Å². The molecule has 3 saturated heterocycles. The second-order valence-electron chi connectivity index (χ2n) is 19.5. The van der Waals surface area contributed by atoms with Gasteiger partial charge in [-0.2, -0.15) is 0 Å². The monoisotopic (exact) mass is 1030 g/mol. The van der Waals surface area contributed by atoms with E-state index in [9.17, 15) is 5.11 Å². The summed E-state index contributed by atoms with van der Waals surface area (Å²) in [6, 6.07) is 50.9. The Kier molecular flexibility index (Phi) is 14.3. The number of morpholine rings is 2. The number of imide groups is 1. The van der Waals surface area contributed by atoms with Crippen molar-refractivity contribution in [2.45, 2.75) is 42.6 Å². The number of methoxy groups -OCH3 is 1. The summed E-state index contributed by atoms with van der Waals surface area (Å²) in [4.78, 5) is 69.5. The molecule has 14 nitrogen and oxygen atoms in total. The van der Waals surface area contributed by atoms with Crippen molar-refractivity contribution < 1.29 is 43.2 Å². The molecule has 0 bridgehead atoms. The van der Waals surface area contributed by atoms with Crippen LogP contribution >= 0.6 is 0 Å². The number of aliphatic hydroxyl groups is 1. The third kappa shape index (κ3) is 9.54. The molecule has 7 aromatic rings. The van der Waals surface area contributed by atoms with Gasteiger partial charge in [-0.25, -0.2) is 9.69 Å². The lowest BCUT2D eigenvalue weighted by atomic mass is 9.65. The van der Waals surface area contributed by atoms with Crippen LogP contribution in [0.5, 0.6) is 11.5 Å². The number of nitrogens with zero attached hydrogens (tertiary/aromatic N) is 3. The fourth-order valence-corrected chi connectivity index (χ4v) is 11.6. The summed E-state index contributed by atoms with van der Waals surface area (Å²) in [5, 5.41) is 16.2. The molecule has 3 fully saturated rings. The predicted octanol–water partition coefficient (Wildman–Crippen LogP) is 9.08. The summed E-state index contributed by atoms with van der Waals surface area (Å²) in [7, 11) is 1.59. The number of ether oxygens (including phenoxy) is 4. The highest BCUT2D eigenvalue weighted by atomic mass is 16.6. The minimum atomic E-state index is -2.07. The number of carbonyl (C=O) groups is 4. The quantitative estimate of drug-likeness (QED) is 0.0792. The zero-order valence-corrected chi connectivity index (χ0v) is 42.6. The number of rotatable bonds is 12. The van der Waals surface area contributed by atoms with E-state index in [2.05, 4.69) is 27.4 Å². The molecular formula is C63H57N5O9. The molecule has 4 amide bonds. The molecule has 77 heavy (non-hydrogen) atoms. The fourth-order valence-electron chi connectivity index (χ4n) is 11.6. The van der Waals surface area contributed by atoms with Crippen LogP contribution in [0.4, 0.5) is 21.9 Å². The lowest BCUT2D eigenvalue weighted by Gasteiger charge is -2.46. The van der Waals surface area contributed by atoms with Gasteiger partial charge in [0.05, 0.1) is 56.7 Å². The predicted molar refractivity (Wildman–Crippen MR) is 291 cm³/mol. The largest absolute Gasteiger partial charge is 0.497 e. The van der Waals surface area contributed by atoms with Crippen molar-refractivity contribution in [1.29, 1.82) is 0 Å². The standard InChI is InChI=1S/C63H57N5O9/c1-41(44-13-6-3-7-14-44)64-62(73)67-53-32-25-43(22-21-42-23-30-50(74-2)31-24-42)39-52(53)63(61(67)72)54(59(70)65-48-26-28-49(29-27-48)66-33-36-75-37-34-66)56-60(71)77-57(46-17-10-5-11-18-46)55(45-15-8-4-9-16-45)68(56)58(63)47-19-12-20-51(40-47)76-38-35-69/h3-20,23-32,39-41,54-58,69H,33-38H2,1-2H3,(H,64,73)(H,65,70)/t41-,54+,55+,56+,57-,58-,63+/m0/s1. The number of carbonyl (C=O) groups excluding carboxylic acids is 4. The molecule has 7 aromatic carbocycles. The van der Waals surface area contributed by atoms with Gasteiger partial charge in [-0.1, -0.05) is 115 Å². The van der Waals surface area contributed by atoms with Gasteiger partial charge in [0, 0.05) is 35.6 Å². The van der Waals surface area contributed by atoms with E-state index in [1.807, 2.05) is 145 Å². The summed E-state index contributed by atoms with van der Waals surface area (Å²) in [6.07, 6.45) is -0.936. The minimum absolute atomic E-state index is 0.0262. The molecule has 4 aliphatic heterocycles. The Morgan fingerprint density at radius 3 is 2.06 bits per heavy atom. The van der Waals surface area contributed by atoms with E-state index >= 15 is 19.2 Å². The molecular weight excluding hydrogens is 971 g/mol. The van der Waals surface area contributed by atoms with Crippen LogP contribution in [0, 0.1) is 17.8 Å². The molecule has 0 saturated carbocycles. The Bertz CT molecular complexity index is 3350. The molecule has 14 heteroatoms. The Labute approximate surface area is 447 Å². The number of cyclic esters (lactones) is 1. The number of benzene rings is 7. The van der Waals surface area contributed by atoms with Crippen LogP contribution in [0.15, 0.2) is 182 Å². The van der Waals surface area contributed by atoms with Crippen molar-refractivity contribution in [3.8, 4) is 23.3 Å². The van der Waals surface area contributed by atoms with Gasteiger partial charge < -0.3 is 39.6 Å². The first-order valence-electron chi connectivity index (χ1n) is 25.8. The topological polar surface area (TPSA) is 159 Å². The Hall–Kier alpha value is -8.74. The molecule has 11 rings (SSSR count). The van der Waals surface area contributed by atoms with Crippen LogP contribution < -0.4 is 29.9 Å². The first-order chi connectivity index (χ1) is 37.7. The highest BCUT2D eigenvalue weighted by molar-refractivity contribution is 6.25. The molecule has 1 spiro atoms. The molecule has 0 aromatic heterocycles. The summed E-state index contributed by atoms with van der Waals surface area (Å²) in [6.45, 7) is 4.14. The van der Waals surface area contributed by atoms with Crippen LogP contribution in [0.3, 0.4) is 0 Å². The summed E-state index contributed by atoms with van der Waals surface area (Å²) < 4.78 is 23.8. The number of urea groups is 1. The first-order valence-corrected chi connectivity index (χ1v) is 25.8. The second kappa shape index (κ2) is 21.8. The molecule has 7 atom stereocenters. The zero-order chi connectivity index (χ0) is 53.0. The van der Waals surface area contributed by atoms with Crippen LogP contribution in [-0.2, 0) is 29.3 Å². The number of anilines is 3. The summed E-state index contributed by atoms with van der Waals surface area (Å²) in [5.74, 6) is 3.93. The maximum Gasteiger partial charge on any atom is 0.329 e. The summed E-state index contributed by atoms with van der Waals surface area (Å²) in [5.41, 5.74) is 3.77. The molecule has 4 aliphatic rings. The van der Waals surface area contributed by atoms with E-state index in [0.29, 0.717) is 71.3 Å². The first kappa shape index (κ1) is 50.4. The second-order valence-corrected chi connectivity index (χ2v) is 19.5. The number of hydrogen-bond donors (Lipinski definition) is 3. The maximum atomic E-state index is 16.9. The number of esters is 1. The molecule has 0 aliphatic carbocycles. The van der Waals surface area contributed by atoms with Gasteiger partial charge >= 0.3 is 12.0 Å². The Morgan fingerprint density at radius 1 is 0.727 bits per heavy atom. The van der Waals surface area contributed by atoms with Crippen molar-refractivity contribution in [2.24, 2.45) is 5.92 Å².